The summed E-state index contributed by atoms with van der Waals surface area (Å²) in [6.45, 7) is 7.14. The highest BCUT2D eigenvalue weighted by molar-refractivity contribution is 6.06. The molecule has 0 saturated carbocycles. The van der Waals surface area contributed by atoms with Crippen molar-refractivity contribution in [2.24, 2.45) is 0 Å². The van der Waals surface area contributed by atoms with Gasteiger partial charge in [0.2, 0.25) is 5.91 Å². The average Bonchev–Trinajstić information content (AvgIpc) is 2.92. The number of anilines is 1. The van der Waals surface area contributed by atoms with Gasteiger partial charge in [-0.1, -0.05) is 0 Å². The molecule has 29 heavy (non-hydrogen) atoms. The van der Waals surface area contributed by atoms with Gasteiger partial charge in [-0.15, -0.1) is 0 Å². The van der Waals surface area contributed by atoms with Crippen LogP contribution in [0, 0.1) is 12.7 Å². The number of halogens is 1. The topological polar surface area (TPSA) is 91.0 Å². The zero-order valence-corrected chi connectivity index (χ0v) is 17.2. The Morgan fingerprint density at radius 2 is 2.07 bits per heavy atom. The number of benzene rings is 1. The quantitative estimate of drug-likeness (QED) is 0.725. The number of nitrogens with zero attached hydrogens (tertiary/aromatic N) is 2. The van der Waals surface area contributed by atoms with Gasteiger partial charge in [-0.2, -0.15) is 0 Å². The zero-order valence-electron chi connectivity index (χ0n) is 17.2. The molecule has 1 aromatic rings. The number of carbonyl (C=O) groups excluding carboxylic acids is 3. The van der Waals surface area contributed by atoms with Gasteiger partial charge in [0.15, 0.2) is 11.6 Å². The lowest BCUT2D eigenvalue weighted by Gasteiger charge is -2.42. The predicted octanol–water partition coefficient (Wildman–Crippen LogP) is 1.56. The summed E-state index contributed by atoms with van der Waals surface area (Å²) in [5.41, 5.74) is 0.647. The van der Waals surface area contributed by atoms with E-state index in [4.69, 9.17) is 4.74 Å². The van der Waals surface area contributed by atoms with Crippen molar-refractivity contribution in [3.05, 3.63) is 23.5 Å². The second-order valence-corrected chi connectivity index (χ2v) is 7.90. The van der Waals surface area contributed by atoms with E-state index in [-0.39, 0.29) is 30.5 Å². The highest BCUT2D eigenvalue weighted by Gasteiger charge is 2.42. The van der Waals surface area contributed by atoms with E-state index in [1.165, 1.54) is 13.2 Å². The van der Waals surface area contributed by atoms with Crippen molar-refractivity contribution in [2.75, 3.05) is 31.6 Å². The fraction of sp³-hybridized carbons (Fsp3) is 0.550. The molecule has 2 atom stereocenters. The Morgan fingerprint density at radius 3 is 2.66 bits per heavy atom. The van der Waals surface area contributed by atoms with E-state index in [9.17, 15) is 18.8 Å². The summed E-state index contributed by atoms with van der Waals surface area (Å²) in [4.78, 5) is 39.8. The molecule has 0 unspecified atom stereocenters. The summed E-state index contributed by atoms with van der Waals surface area (Å²) in [6.07, 6.45) is 0.409. The summed E-state index contributed by atoms with van der Waals surface area (Å²) in [5.74, 6) is -0.664. The van der Waals surface area contributed by atoms with Crippen LogP contribution >= 0.6 is 0 Å². The number of imide groups is 1. The third-order valence-corrected chi connectivity index (χ3v) is 5.72. The summed E-state index contributed by atoms with van der Waals surface area (Å²) >= 11 is 0. The highest BCUT2D eigenvalue weighted by atomic mass is 19.1. The minimum atomic E-state index is -1.05. The molecular weight excluding hydrogens is 379 g/mol. The number of nitrogens with one attached hydrogen (secondary N) is 2. The second kappa shape index (κ2) is 7.88. The third kappa shape index (κ3) is 4.13. The number of piperazine rings is 1. The van der Waals surface area contributed by atoms with Crippen molar-refractivity contribution in [1.29, 1.82) is 0 Å². The molecule has 1 aromatic carbocycles. The molecule has 4 amide bonds. The molecule has 0 radical (unpaired) electrons. The van der Waals surface area contributed by atoms with E-state index in [2.05, 4.69) is 15.5 Å². The number of carbonyl (C=O) groups is 3. The molecular formula is C20H27FN4O4. The van der Waals surface area contributed by atoms with E-state index < -0.39 is 23.3 Å². The molecule has 158 valence electrons. The van der Waals surface area contributed by atoms with Crippen molar-refractivity contribution >= 4 is 23.5 Å². The summed E-state index contributed by atoms with van der Waals surface area (Å²) in [6, 6.07) is 2.66. The van der Waals surface area contributed by atoms with E-state index in [1.807, 2.05) is 13.8 Å². The van der Waals surface area contributed by atoms with Crippen molar-refractivity contribution in [1.82, 2.24) is 15.5 Å². The Labute approximate surface area is 169 Å². The lowest BCUT2D eigenvalue weighted by molar-refractivity contribution is -0.132. The molecule has 0 spiro atoms. The van der Waals surface area contributed by atoms with Crippen LogP contribution in [0.2, 0.25) is 0 Å². The van der Waals surface area contributed by atoms with Crippen LogP contribution < -0.4 is 20.3 Å². The molecule has 3 rings (SSSR count). The van der Waals surface area contributed by atoms with Crippen LogP contribution in [0.4, 0.5) is 14.9 Å². The monoisotopic (exact) mass is 406 g/mol. The smallest absolute Gasteiger partial charge is 0.322 e. The first kappa shape index (κ1) is 20.9. The van der Waals surface area contributed by atoms with Crippen LogP contribution in [0.15, 0.2) is 12.1 Å². The first-order valence-electron chi connectivity index (χ1n) is 9.67. The lowest BCUT2D eigenvalue weighted by Crippen LogP contribution is -2.54. The van der Waals surface area contributed by atoms with Gasteiger partial charge in [-0.05, 0) is 38.8 Å². The molecule has 0 aliphatic carbocycles. The van der Waals surface area contributed by atoms with E-state index in [0.717, 1.165) is 11.3 Å². The largest absolute Gasteiger partial charge is 0.494 e. The van der Waals surface area contributed by atoms with Gasteiger partial charge in [0.05, 0.1) is 7.11 Å². The number of hydrogen-bond acceptors (Lipinski definition) is 5. The number of rotatable bonds is 5. The molecule has 2 aliphatic heterocycles. The van der Waals surface area contributed by atoms with Gasteiger partial charge in [0.25, 0.3) is 5.91 Å². The first-order chi connectivity index (χ1) is 13.6. The van der Waals surface area contributed by atoms with Crippen LogP contribution in [0.1, 0.15) is 32.3 Å². The van der Waals surface area contributed by atoms with Gasteiger partial charge in [0.1, 0.15) is 5.54 Å². The van der Waals surface area contributed by atoms with Crippen LogP contribution in [0.5, 0.6) is 5.75 Å². The SMILES string of the molecule is COc1cc(N2CCN(C(=O)CC[C@@]3(C)NC(=O)NC3=O)C[C@@H]2C)c(C)cc1F. The molecule has 2 aliphatic rings. The number of ether oxygens (including phenoxy) is 1. The third-order valence-electron chi connectivity index (χ3n) is 5.72. The van der Waals surface area contributed by atoms with Crippen molar-refractivity contribution in [2.45, 2.75) is 45.2 Å². The Balaban J connectivity index is 1.62. The Morgan fingerprint density at radius 1 is 1.34 bits per heavy atom. The maximum Gasteiger partial charge on any atom is 0.322 e. The summed E-state index contributed by atoms with van der Waals surface area (Å²) in [5, 5.41) is 4.78. The van der Waals surface area contributed by atoms with Crippen LogP contribution in [-0.2, 0) is 9.59 Å². The fourth-order valence-corrected chi connectivity index (χ4v) is 3.92. The van der Waals surface area contributed by atoms with Crippen molar-refractivity contribution in [3.8, 4) is 5.75 Å². The van der Waals surface area contributed by atoms with Crippen LogP contribution in [-0.4, -0.2) is 61.1 Å². The molecule has 2 N–H and O–H groups in total. The molecule has 8 nitrogen and oxygen atoms in total. The van der Waals surface area contributed by atoms with Gasteiger partial charge in [-0.25, -0.2) is 9.18 Å². The number of methoxy groups -OCH3 is 1. The van der Waals surface area contributed by atoms with Gasteiger partial charge in [0, 0.05) is 43.9 Å². The second-order valence-electron chi connectivity index (χ2n) is 7.90. The Bertz CT molecular complexity index is 846. The van der Waals surface area contributed by atoms with Crippen LogP contribution in [0.25, 0.3) is 0 Å². The normalized spacial score (nSPS) is 24.4. The number of aryl methyl sites for hydroxylation is 1. The lowest BCUT2D eigenvalue weighted by atomic mass is 9.95. The Kier molecular flexibility index (Phi) is 5.68. The van der Waals surface area contributed by atoms with Gasteiger partial charge >= 0.3 is 6.03 Å². The standard InChI is InChI=1S/C20H27FN4O4/c1-12-9-14(21)16(29-4)10-15(12)25-8-7-24(11-13(25)2)17(26)5-6-20(3)18(27)22-19(28)23-20/h9-10,13H,5-8,11H2,1-4H3,(H2,22,23,27,28)/t13-,20+/m0/s1. The summed E-state index contributed by atoms with van der Waals surface area (Å²) in [7, 11) is 1.44. The van der Waals surface area contributed by atoms with Gasteiger partial charge in [-0.3, -0.25) is 14.9 Å². The predicted molar refractivity (Wildman–Crippen MR) is 105 cm³/mol. The van der Waals surface area contributed by atoms with E-state index >= 15 is 0 Å². The maximum atomic E-state index is 13.9. The molecule has 0 bridgehead atoms. The maximum absolute atomic E-state index is 13.9. The number of urea groups is 1. The Hall–Kier alpha value is -2.84. The summed E-state index contributed by atoms with van der Waals surface area (Å²) < 4.78 is 19.0. The van der Waals surface area contributed by atoms with Crippen molar-refractivity contribution in [3.63, 3.8) is 0 Å². The van der Waals surface area contributed by atoms with Gasteiger partial charge < -0.3 is 19.9 Å². The average molecular weight is 406 g/mol. The van der Waals surface area contributed by atoms with Crippen LogP contribution in [0.3, 0.4) is 0 Å². The number of hydrogen-bond donors (Lipinski definition) is 2. The minimum absolute atomic E-state index is 0.0339. The van der Waals surface area contributed by atoms with Crippen molar-refractivity contribution < 1.29 is 23.5 Å². The minimum Gasteiger partial charge on any atom is -0.494 e. The van der Waals surface area contributed by atoms with E-state index in [0.29, 0.717) is 19.6 Å². The van der Waals surface area contributed by atoms with E-state index in [1.54, 1.807) is 17.9 Å². The first-order valence-corrected chi connectivity index (χ1v) is 9.67. The molecule has 2 saturated heterocycles. The fourth-order valence-electron chi connectivity index (χ4n) is 3.92. The molecule has 2 heterocycles. The number of amides is 4. The molecule has 9 heteroatoms. The molecule has 0 aromatic heterocycles. The highest BCUT2D eigenvalue weighted by Crippen LogP contribution is 2.31. The zero-order chi connectivity index (χ0) is 21.3. The molecule has 2 fully saturated rings.